The van der Waals surface area contributed by atoms with E-state index in [0.717, 1.165) is 31.5 Å². The topological polar surface area (TPSA) is 61.9 Å². The van der Waals surface area contributed by atoms with Gasteiger partial charge in [0.1, 0.15) is 0 Å². The molecule has 0 atom stereocenters. The number of nitrogens with zero attached hydrogens (tertiary/aromatic N) is 2. The Kier molecular flexibility index (Phi) is 4.76. The monoisotopic (exact) mass is 331 g/mol. The van der Waals surface area contributed by atoms with E-state index in [1.54, 1.807) is 12.1 Å². The zero-order valence-corrected chi connectivity index (χ0v) is 14.5. The standard InChI is InChI=1S/C18H25N3O3/c1-12(2)20-8-6-15(7-9-20)21-11-14-5-4-13(17(22)24-3)10-16(14)19-18(21)23/h4-5,10,12,15H,6-9,11H2,1-3H3,(H,19,23). The number of carbonyl (C=O) groups is 2. The molecule has 2 heterocycles. The van der Waals surface area contributed by atoms with Crippen LogP contribution in [0.1, 0.15) is 42.6 Å². The largest absolute Gasteiger partial charge is 0.465 e. The van der Waals surface area contributed by atoms with Crippen molar-refractivity contribution in [2.24, 2.45) is 0 Å². The number of rotatable bonds is 3. The van der Waals surface area contributed by atoms with Crippen LogP contribution in [0.15, 0.2) is 18.2 Å². The van der Waals surface area contributed by atoms with E-state index in [9.17, 15) is 9.59 Å². The molecule has 1 saturated heterocycles. The number of hydrogen-bond acceptors (Lipinski definition) is 4. The first kappa shape index (κ1) is 16.8. The van der Waals surface area contributed by atoms with E-state index in [0.29, 0.717) is 23.8 Å². The minimum absolute atomic E-state index is 0.0764. The van der Waals surface area contributed by atoms with E-state index in [4.69, 9.17) is 4.74 Å². The van der Waals surface area contributed by atoms with Crippen LogP contribution in [0, 0.1) is 0 Å². The Balaban J connectivity index is 1.71. The van der Waals surface area contributed by atoms with Crippen LogP contribution in [0.5, 0.6) is 0 Å². The van der Waals surface area contributed by atoms with E-state index < -0.39 is 5.97 Å². The highest BCUT2D eigenvalue weighted by atomic mass is 16.5. The van der Waals surface area contributed by atoms with Crippen molar-refractivity contribution in [2.45, 2.75) is 45.3 Å². The highest BCUT2D eigenvalue weighted by Crippen LogP contribution is 2.29. The van der Waals surface area contributed by atoms with Crippen molar-refractivity contribution in [3.8, 4) is 0 Å². The number of esters is 1. The lowest BCUT2D eigenvalue weighted by atomic mass is 9.99. The van der Waals surface area contributed by atoms with Gasteiger partial charge in [-0.2, -0.15) is 0 Å². The zero-order valence-electron chi connectivity index (χ0n) is 14.5. The molecule has 130 valence electrons. The molecule has 1 N–H and O–H groups in total. The van der Waals surface area contributed by atoms with Crippen molar-refractivity contribution < 1.29 is 14.3 Å². The Bertz CT molecular complexity index is 636. The van der Waals surface area contributed by atoms with Gasteiger partial charge in [0.05, 0.1) is 12.7 Å². The van der Waals surface area contributed by atoms with Gasteiger partial charge in [-0.1, -0.05) is 6.07 Å². The number of piperidine rings is 1. The van der Waals surface area contributed by atoms with Crippen LogP contribution < -0.4 is 5.32 Å². The molecule has 0 spiro atoms. The van der Waals surface area contributed by atoms with Gasteiger partial charge in [-0.05, 0) is 44.4 Å². The lowest BCUT2D eigenvalue weighted by Gasteiger charge is -2.41. The molecule has 0 saturated carbocycles. The van der Waals surface area contributed by atoms with Crippen molar-refractivity contribution in [1.29, 1.82) is 0 Å². The van der Waals surface area contributed by atoms with Crippen molar-refractivity contribution in [3.05, 3.63) is 29.3 Å². The molecule has 1 aromatic carbocycles. The average Bonchev–Trinajstić information content (AvgIpc) is 2.60. The summed E-state index contributed by atoms with van der Waals surface area (Å²) in [6.45, 7) is 7.07. The molecule has 2 amide bonds. The number of anilines is 1. The van der Waals surface area contributed by atoms with Gasteiger partial charge in [0.15, 0.2) is 0 Å². The molecule has 0 aliphatic carbocycles. The molecule has 1 fully saturated rings. The zero-order chi connectivity index (χ0) is 17.3. The second kappa shape index (κ2) is 6.81. The molecule has 6 heteroatoms. The summed E-state index contributed by atoms with van der Waals surface area (Å²) in [4.78, 5) is 28.5. The number of hydrogen-bond donors (Lipinski definition) is 1. The summed E-state index contributed by atoms with van der Waals surface area (Å²) in [5.41, 5.74) is 2.20. The predicted octanol–water partition coefficient (Wildman–Crippen LogP) is 2.69. The fourth-order valence-corrected chi connectivity index (χ4v) is 3.53. The number of benzene rings is 1. The van der Waals surface area contributed by atoms with Gasteiger partial charge in [0, 0.05) is 37.4 Å². The summed E-state index contributed by atoms with van der Waals surface area (Å²) in [5, 5.41) is 2.93. The molecule has 2 aliphatic rings. The summed E-state index contributed by atoms with van der Waals surface area (Å²) in [7, 11) is 1.35. The van der Waals surface area contributed by atoms with Crippen LogP contribution in [-0.2, 0) is 11.3 Å². The highest BCUT2D eigenvalue weighted by molar-refractivity contribution is 5.96. The van der Waals surface area contributed by atoms with Gasteiger partial charge in [-0.3, -0.25) is 0 Å². The molecule has 0 bridgehead atoms. The molecule has 0 unspecified atom stereocenters. The second-order valence-electron chi connectivity index (χ2n) is 6.78. The number of carbonyl (C=O) groups excluding carboxylic acids is 2. The fourth-order valence-electron chi connectivity index (χ4n) is 3.53. The van der Waals surface area contributed by atoms with Crippen LogP contribution in [0.4, 0.5) is 10.5 Å². The summed E-state index contributed by atoms with van der Waals surface area (Å²) in [5.74, 6) is -0.393. The van der Waals surface area contributed by atoms with Crippen LogP contribution in [0.2, 0.25) is 0 Å². The van der Waals surface area contributed by atoms with Crippen LogP contribution in [0.3, 0.4) is 0 Å². The Hall–Kier alpha value is -2.08. The smallest absolute Gasteiger partial charge is 0.337 e. The van der Waals surface area contributed by atoms with Crippen molar-refractivity contribution in [2.75, 3.05) is 25.5 Å². The minimum Gasteiger partial charge on any atom is -0.465 e. The lowest BCUT2D eigenvalue weighted by Crippen LogP contribution is -2.51. The maximum Gasteiger partial charge on any atom is 0.337 e. The van der Waals surface area contributed by atoms with E-state index in [-0.39, 0.29) is 12.1 Å². The predicted molar refractivity (Wildman–Crippen MR) is 92.1 cm³/mol. The Morgan fingerprint density at radius 1 is 1.29 bits per heavy atom. The van der Waals surface area contributed by atoms with Crippen molar-refractivity contribution in [3.63, 3.8) is 0 Å². The van der Waals surface area contributed by atoms with Gasteiger partial charge in [0.25, 0.3) is 0 Å². The summed E-state index contributed by atoms with van der Waals surface area (Å²) >= 11 is 0. The third-order valence-electron chi connectivity index (χ3n) is 5.04. The van der Waals surface area contributed by atoms with Gasteiger partial charge in [-0.15, -0.1) is 0 Å². The maximum absolute atomic E-state index is 12.5. The third kappa shape index (κ3) is 3.24. The Morgan fingerprint density at radius 2 is 2.00 bits per heavy atom. The first-order valence-corrected chi connectivity index (χ1v) is 8.52. The molecule has 0 aromatic heterocycles. The highest BCUT2D eigenvalue weighted by Gasteiger charge is 2.32. The molecule has 6 nitrogen and oxygen atoms in total. The fraction of sp³-hybridized carbons (Fsp3) is 0.556. The van der Waals surface area contributed by atoms with Crippen molar-refractivity contribution in [1.82, 2.24) is 9.80 Å². The van der Waals surface area contributed by atoms with Gasteiger partial charge < -0.3 is 19.9 Å². The Morgan fingerprint density at radius 3 is 2.62 bits per heavy atom. The number of urea groups is 1. The second-order valence-corrected chi connectivity index (χ2v) is 6.78. The minimum atomic E-state index is -0.393. The Labute approximate surface area is 142 Å². The third-order valence-corrected chi connectivity index (χ3v) is 5.04. The van der Waals surface area contributed by atoms with E-state index in [1.165, 1.54) is 7.11 Å². The van der Waals surface area contributed by atoms with Crippen LogP contribution in [0.25, 0.3) is 0 Å². The molecule has 2 aliphatic heterocycles. The first-order valence-electron chi connectivity index (χ1n) is 8.52. The summed E-state index contributed by atoms with van der Waals surface area (Å²) < 4.78 is 4.73. The molecular weight excluding hydrogens is 306 g/mol. The number of nitrogens with one attached hydrogen (secondary N) is 1. The van der Waals surface area contributed by atoms with Gasteiger partial charge in [0.2, 0.25) is 0 Å². The van der Waals surface area contributed by atoms with Crippen LogP contribution >= 0.6 is 0 Å². The summed E-state index contributed by atoms with van der Waals surface area (Å²) in [6.07, 6.45) is 2.00. The van der Waals surface area contributed by atoms with Crippen molar-refractivity contribution >= 4 is 17.7 Å². The number of likely N-dealkylation sites (tertiary alicyclic amines) is 1. The molecule has 1 aromatic rings. The van der Waals surface area contributed by atoms with Gasteiger partial charge in [-0.25, -0.2) is 9.59 Å². The van der Waals surface area contributed by atoms with E-state index >= 15 is 0 Å². The molecular formula is C18H25N3O3. The van der Waals surface area contributed by atoms with Crippen LogP contribution in [-0.4, -0.2) is 54.1 Å². The first-order chi connectivity index (χ1) is 11.5. The number of methoxy groups -OCH3 is 1. The summed E-state index contributed by atoms with van der Waals surface area (Å²) in [6, 6.07) is 6.09. The SMILES string of the molecule is COC(=O)c1ccc2c(c1)NC(=O)N(C1CCN(C(C)C)CC1)C2. The number of fused-ring (bicyclic) bond motifs is 1. The van der Waals surface area contributed by atoms with Gasteiger partial charge >= 0.3 is 12.0 Å². The molecule has 3 rings (SSSR count). The number of amides is 2. The maximum atomic E-state index is 12.5. The lowest BCUT2D eigenvalue weighted by molar-refractivity contribution is 0.0600. The average molecular weight is 331 g/mol. The quantitative estimate of drug-likeness (QED) is 0.865. The van der Waals surface area contributed by atoms with E-state index in [2.05, 4.69) is 24.1 Å². The normalized spacial score (nSPS) is 19.2. The molecule has 0 radical (unpaired) electrons. The van der Waals surface area contributed by atoms with E-state index in [1.807, 2.05) is 11.0 Å². The molecule has 24 heavy (non-hydrogen) atoms. The number of ether oxygens (including phenoxy) is 1.